The van der Waals surface area contributed by atoms with Crippen molar-refractivity contribution in [3.8, 4) is 0 Å². The molecule has 2 rings (SSSR count). The van der Waals surface area contributed by atoms with Crippen LogP contribution in [0.3, 0.4) is 0 Å². The number of sulfonamides is 1. The van der Waals surface area contributed by atoms with Gasteiger partial charge in [-0.15, -0.1) is 0 Å². The Kier molecular flexibility index (Phi) is 6.68. The number of nitrogens with one attached hydrogen (secondary N) is 1. The van der Waals surface area contributed by atoms with Gasteiger partial charge in [-0.1, -0.05) is 25.2 Å². The third kappa shape index (κ3) is 6.01. The van der Waals surface area contributed by atoms with Crippen molar-refractivity contribution in [2.75, 3.05) is 31.9 Å². The molecule has 2 aliphatic heterocycles. The quantitative estimate of drug-likeness (QED) is 0.854. The Bertz CT molecular complexity index is 615. The number of hydrogen-bond acceptors (Lipinski definition) is 4. The molecule has 128 valence electrons. The molecule has 2 aliphatic rings. The van der Waals surface area contributed by atoms with Crippen LogP contribution in [0.5, 0.6) is 0 Å². The predicted octanol–water partition coefficient (Wildman–Crippen LogP) is 2.02. The first-order valence-electron chi connectivity index (χ1n) is 7.90. The number of allylic oxidation sites excluding steroid dienone is 4. The van der Waals surface area contributed by atoms with E-state index >= 15 is 0 Å². The smallest absolute Gasteiger partial charge is 0.218 e. The summed E-state index contributed by atoms with van der Waals surface area (Å²) in [7, 11) is -3.43. The molecule has 1 atom stereocenters. The topological polar surface area (TPSA) is 61.8 Å². The lowest BCUT2D eigenvalue weighted by Crippen LogP contribution is -2.36. The van der Waals surface area contributed by atoms with Crippen molar-refractivity contribution in [2.24, 2.45) is 10.9 Å². The van der Waals surface area contributed by atoms with Crippen LogP contribution in [0.4, 0.5) is 4.39 Å². The van der Waals surface area contributed by atoms with Gasteiger partial charge in [0.2, 0.25) is 10.0 Å². The maximum Gasteiger partial charge on any atom is 0.218 e. The summed E-state index contributed by atoms with van der Waals surface area (Å²) in [5.41, 5.74) is 0.538. The molecule has 7 heteroatoms. The molecule has 1 N–H and O–H groups in total. The second-order valence-corrected chi connectivity index (χ2v) is 7.85. The number of nitrogens with zero attached hydrogens (tertiary/aromatic N) is 2. The third-order valence-electron chi connectivity index (χ3n) is 3.74. The Morgan fingerprint density at radius 3 is 3.04 bits per heavy atom. The van der Waals surface area contributed by atoms with E-state index in [0.717, 1.165) is 19.2 Å². The minimum Gasteiger partial charge on any atom is -0.315 e. The van der Waals surface area contributed by atoms with Gasteiger partial charge in [0.25, 0.3) is 0 Å². The summed E-state index contributed by atoms with van der Waals surface area (Å²) in [6.07, 6.45) is 8.96. The SMILES string of the molecule is CC1C=N/C=C(/F)C/C(CS(=O)(=O)N2CCCNCC2)=C\C=C/1. The maximum absolute atomic E-state index is 13.9. The van der Waals surface area contributed by atoms with Gasteiger partial charge in [0.15, 0.2) is 0 Å². The van der Waals surface area contributed by atoms with Gasteiger partial charge >= 0.3 is 0 Å². The average molecular weight is 341 g/mol. The first-order chi connectivity index (χ1) is 11.0. The van der Waals surface area contributed by atoms with Gasteiger partial charge in [-0.25, -0.2) is 17.1 Å². The molecule has 0 radical (unpaired) electrons. The van der Waals surface area contributed by atoms with Gasteiger partial charge < -0.3 is 5.32 Å². The molecule has 0 amide bonds. The Morgan fingerprint density at radius 1 is 1.39 bits per heavy atom. The van der Waals surface area contributed by atoms with Gasteiger partial charge in [-0.05, 0) is 18.5 Å². The Labute approximate surface area is 137 Å². The molecular weight excluding hydrogens is 317 g/mol. The van der Waals surface area contributed by atoms with Gasteiger partial charge in [0, 0.05) is 38.2 Å². The van der Waals surface area contributed by atoms with Crippen molar-refractivity contribution in [2.45, 2.75) is 19.8 Å². The summed E-state index contributed by atoms with van der Waals surface area (Å²) < 4.78 is 40.5. The zero-order valence-electron chi connectivity index (χ0n) is 13.4. The van der Waals surface area contributed by atoms with Gasteiger partial charge in [-0.3, -0.25) is 4.99 Å². The minimum absolute atomic E-state index is 0.0264. The van der Waals surface area contributed by atoms with Crippen molar-refractivity contribution < 1.29 is 12.8 Å². The summed E-state index contributed by atoms with van der Waals surface area (Å²) in [6, 6.07) is 0. The van der Waals surface area contributed by atoms with Crippen LogP contribution in [-0.2, 0) is 10.0 Å². The highest BCUT2D eigenvalue weighted by Gasteiger charge is 2.24. The highest BCUT2D eigenvalue weighted by molar-refractivity contribution is 7.89. The minimum atomic E-state index is -3.43. The van der Waals surface area contributed by atoms with E-state index < -0.39 is 15.9 Å². The Hall–Kier alpha value is -1.31. The summed E-state index contributed by atoms with van der Waals surface area (Å²) in [5.74, 6) is -0.512. The van der Waals surface area contributed by atoms with Crippen molar-refractivity contribution in [1.82, 2.24) is 9.62 Å². The summed E-state index contributed by atoms with van der Waals surface area (Å²) in [6.45, 7) is 4.38. The number of rotatable bonds is 3. The molecule has 5 nitrogen and oxygen atoms in total. The molecule has 0 bridgehead atoms. The van der Waals surface area contributed by atoms with E-state index in [2.05, 4.69) is 10.3 Å². The normalized spacial score (nSPS) is 30.6. The standard InChI is InChI=1S/C16H24FN3O2S/c1-14-4-2-5-15(10-16(17)12-19-11-14)13-23(21,22)20-8-3-6-18-7-9-20/h2,4-5,11-12,14,18H,3,6-10,13H2,1H3/b4-2-,15-5+,16-12+,19-11?. The molecule has 0 aliphatic carbocycles. The van der Waals surface area contributed by atoms with Crippen LogP contribution in [0.25, 0.3) is 0 Å². The zero-order valence-corrected chi connectivity index (χ0v) is 14.2. The lowest BCUT2D eigenvalue weighted by atomic mass is 10.1. The highest BCUT2D eigenvalue weighted by Crippen LogP contribution is 2.18. The molecule has 23 heavy (non-hydrogen) atoms. The van der Waals surface area contributed by atoms with Crippen molar-refractivity contribution >= 4 is 16.2 Å². The van der Waals surface area contributed by atoms with Crippen molar-refractivity contribution in [3.63, 3.8) is 0 Å². The van der Waals surface area contributed by atoms with E-state index in [1.54, 1.807) is 18.4 Å². The molecule has 1 saturated heterocycles. The second-order valence-electron chi connectivity index (χ2n) is 5.88. The largest absolute Gasteiger partial charge is 0.315 e. The van der Waals surface area contributed by atoms with Crippen molar-refractivity contribution in [1.29, 1.82) is 0 Å². The first kappa shape index (κ1) is 18.0. The first-order valence-corrected chi connectivity index (χ1v) is 9.51. The number of aliphatic imine (C=N–C) groups is 1. The van der Waals surface area contributed by atoms with Gasteiger partial charge in [0.05, 0.1) is 12.0 Å². The van der Waals surface area contributed by atoms with E-state index in [-0.39, 0.29) is 18.1 Å². The third-order valence-corrected chi connectivity index (χ3v) is 5.63. The Balaban J connectivity index is 2.14. The number of hydrogen-bond donors (Lipinski definition) is 1. The monoisotopic (exact) mass is 341 g/mol. The second kappa shape index (κ2) is 8.52. The number of halogens is 1. The predicted molar refractivity (Wildman–Crippen MR) is 91.5 cm³/mol. The van der Waals surface area contributed by atoms with Gasteiger partial charge in [0.1, 0.15) is 5.83 Å². The fraction of sp³-hybridized carbons (Fsp3) is 0.562. The molecule has 2 heterocycles. The fourth-order valence-corrected chi connectivity index (χ4v) is 4.15. The van der Waals surface area contributed by atoms with E-state index in [1.807, 2.05) is 13.0 Å². The van der Waals surface area contributed by atoms with Gasteiger partial charge in [-0.2, -0.15) is 0 Å². The average Bonchev–Trinajstić information content (AvgIpc) is 2.76. The summed E-state index contributed by atoms with van der Waals surface area (Å²) in [5, 5.41) is 3.18. The van der Waals surface area contributed by atoms with E-state index in [0.29, 0.717) is 25.2 Å². The van der Waals surface area contributed by atoms with Crippen LogP contribution in [0.2, 0.25) is 0 Å². The molecule has 0 aromatic carbocycles. The molecule has 0 saturated carbocycles. The highest BCUT2D eigenvalue weighted by atomic mass is 32.2. The van der Waals surface area contributed by atoms with Crippen LogP contribution in [0, 0.1) is 5.92 Å². The maximum atomic E-state index is 13.9. The van der Waals surface area contributed by atoms with Crippen molar-refractivity contribution in [3.05, 3.63) is 35.8 Å². The summed E-state index contributed by atoms with van der Waals surface area (Å²) >= 11 is 0. The van der Waals surface area contributed by atoms with Crippen LogP contribution < -0.4 is 5.32 Å². The lowest BCUT2D eigenvalue weighted by molar-refractivity contribution is 0.433. The van der Waals surface area contributed by atoms with E-state index in [1.165, 1.54) is 4.31 Å². The fourth-order valence-electron chi connectivity index (χ4n) is 2.52. The lowest BCUT2D eigenvalue weighted by Gasteiger charge is -2.20. The Morgan fingerprint density at radius 2 is 2.22 bits per heavy atom. The molecule has 0 spiro atoms. The molecule has 0 aromatic rings. The van der Waals surface area contributed by atoms with Crippen LogP contribution >= 0.6 is 0 Å². The molecule has 1 unspecified atom stereocenters. The molecule has 1 fully saturated rings. The molecule has 0 aromatic heterocycles. The van der Waals surface area contributed by atoms with E-state index in [4.69, 9.17) is 0 Å². The van der Waals surface area contributed by atoms with E-state index in [9.17, 15) is 12.8 Å². The summed E-state index contributed by atoms with van der Waals surface area (Å²) in [4.78, 5) is 3.92. The van der Waals surface area contributed by atoms with Crippen LogP contribution in [-0.4, -0.2) is 50.9 Å². The zero-order chi connectivity index (χ0) is 16.7. The molecular formula is C16H24FN3O2S. The van der Waals surface area contributed by atoms with Crippen LogP contribution in [0.1, 0.15) is 19.8 Å². The van der Waals surface area contributed by atoms with Crippen LogP contribution in [0.15, 0.2) is 40.8 Å².